The molecule has 0 aromatic rings. The van der Waals surface area contributed by atoms with Crippen molar-refractivity contribution in [3.8, 4) is 0 Å². The Kier molecular flexibility index (Phi) is 5.17. The zero-order chi connectivity index (χ0) is 13.8. The number of carbonyl (C=O) groups is 2. The lowest BCUT2D eigenvalue weighted by molar-refractivity contribution is -0.124. The molecular formula is C14H25NO3. The number of ether oxygens (including phenoxy) is 1. The zero-order valence-corrected chi connectivity index (χ0v) is 11.9. The molecule has 0 aromatic carbocycles. The van der Waals surface area contributed by atoms with E-state index >= 15 is 0 Å². The molecule has 1 saturated carbocycles. The molecule has 1 amide bonds. The Labute approximate surface area is 109 Å². The van der Waals surface area contributed by atoms with E-state index in [1.165, 1.54) is 0 Å². The van der Waals surface area contributed by atoms with E-state index in [-0.39, 0.29) is 11.7 Å². The van der Waals surface area contributed by atoms with Crippen molar-refractivity contribution in [1.29, 1.82) is 0 Å². The molecule has 1 N–H and O–H groups in total. The predicted molar refractivity (Wildman–Crippen MR) is 70.4 cm³/mol. The summed E-state index contributed by atoms with van der Waals surface area (Å²) in [6, 6.07) is -0.400. The van der Waals surface area contributed by atoms with E-state index in [0.717, 1.165) is 25.7 Å². The zero-order valence-electron chi connectivity index (χ0n) is 11.9. The van der Waals surface area contributed by atoms with Crippen LogP contribution in [-0.4, -0.2) is 23.5 Å². The first-order valence-corrected chi connectivity index (χ1v) is 6.86. The fraction of sp³-hybridized carbons (Fsp3) is 0.857. The fourth-order valence-corrected chi connectivity index (χ4v) is 2.32. The molecule has 0 spiro atoms. The summed E-state index contributed by atoms with van der Waals surface area (Å²) in [4.78, 5) is 23.9. The first kappa shape index (κ1) is 15.0. The second-order valence-corrected chi connectivity index (χ2v) is 5.99. The van der Waals surface area contributed by atoms with Gasteiger partial charge < -0.3 is 10.1 Å². The van der Waals surface area contributed by atoms with Gasteiger partial charge in [-0.25, -0.2) is 4.79 Å². The first-order valence-electron chi connectivity index (χ1n) is 6.86. The molecule has 1 aliphatic rings. The summed E-state index contributed by atoms with van der Waals surface area (Å²) >= 11 is 0. The van der Waals surface area contributed by atoms with Crippen LogP contribution >= 0.6 is 0 Å². The van der Waals surface area contributed by atoms with Gasteiger partial charge in [-0.1, -0.05) is 19.8 Å². The van der Waals surface area contributed by atoms with Crippen molar-refractivity contribution < 1.29 is 14.3 Å². The van der Waals surface area contributed by atoms with Crippen LogP contribution in [0.1, 0.15) is 59.8 Å². The number of nitrogens with one attached hydrogen (secondary N) is 1. The van der Waals surface area contributed by atoms with Crippen LogP contribution < -0.4 is 5.32 Å². The Hall–Kier alpha value is -1.06. The van der Waals surface area contributed by atoms with Crippen molar-refractivity contribution in [2.45, 2.75) is 71.4 Å². The molecule has 1 aliphatic carbocycles. The average molecular weight is 255 g/mol. The molecular weight excluding hydrogens is 230 g/mol. The molecule has 1 atom stereocenters. The third-order valence-corrected chi connectivity index (χ3v) is 3.20. The van der Waals surface area contributed by atoms with E-state index in [4.69, 9.17) is 4.74 Å². The molecule has 4 heteroatoms. The molecule has 4 nitrogen and oxygen atoms in total. The van der Waals surface area contributed by atoms with Gasteiger partial charge in [0.2, 0.25) is 0 Å². The van der Waals surface area contributed by atoms with Gasteiger partial charge in [-0.15, -0.1) is 0 Å². The second-order valence-electron chi connectivity index (χ2n) is 5.99. The Bertz CT molecular complexity index is 301. The average Bonchev–Trinajstić information content (AvgIpc) is 2.75. The van der Waals surface area contributed by atoms with Crippen molar-refractivity contribution in [1.82, 2.24) is 5.32 Å². The molecule has 1 unspecified atom stereocenters. The molecule has 0 aromatic heterocycles. The smallest absolute Gasteiger partial charge is 0.408 e. The van der Waals surface area contributed by atoms with E-state index in [1.54, 1.807) is 0 Å². The Morgan fingerprint density at radius 2 is 1.83 bits per heavy atom. The quantitative estimate of drug-likeness (QED) is 0.840. The SMILES string of the molecule is CCC(NC(=O)OC(C)(C)C)C(=O)C1CCCC1. The lowest BCUT2D eigenvalue weighted by Crippen LogP contribution is -2.44. The molecule has 104 valence electrons. The number of hydrogen-bond donors (Lipinski definition) is 1. The fourth-order valence-electron chi connectivity index (χ4n) is 2.32. The minimum Gasteiger partial charge on any atom is -0.444 e. The minimum absolute atomic E-state index is 0.130. The van der Waals surface area contributed by atoms with Gasteiger partial charge in [-0.05, 0) is 40.0 Å². The topological polar surface area (TPSA) is 55.4 Å². The number of carbonyl (C=O) groups excluding carboxylic acids is 2. The first-order chi connectivity index (χ1) is 8.33. The van der Waals surface area contributed by atoms with Crippen molar-refractivity contribution in [2.75, 3.05) is 0 Å². The van der Waals surface area contributed by atoms with Gasteiger partial charge in [0, 0.05) is 5.92 Å². The molecule has 0 saturated heterocycles. The maximum Gasteiger partial charge on any atom is 0.408 e. The lowest BCUT2D eigenvalue weighted by atomic mass is 9.95. The standard InChI is InChI=1S/C14H25NO3/c1-5-11(12(16)10-8-6-7-9-10)15-13(17)18-14(2,3)4/h10-11H,5-9H2,1-4H3,(H,15,17). The van der Waals surface area contributed by atoms with Gasteiger partial charge >= 0.3 is 6.09 Å². The largest absolute Gasteiger partial charge is 0.444 e. The summed E-state index contributed by atoms with van der Waals surface area (Å²) in [5.41, 5.74) is -0.529. The lowest BCUT2D eigenvalue weighted by Gasteiger charge is -2.23. The van der Waals surface area contributed by atoms with Crippen LogP contribution in [0.5, 0.6) is 0 Å². The molecule has 0 bridgehead atoms. The summed E-state index contributed by atoms with van der Waals surface area (Å²) in [6.45, 7) is 7.35. The van der Waals surface area contributed by atoms with Gasteiger partial charge in [0.25, 0.3) is 0 Å². The highest BCUT2D eigenvalue weighted by Crippen LogP contribution is 2.27. The van der Waals surface area contributed by atoms with Gasteiger partial charge in [0.05, 0.1) is 6.04 Å². The van der Waals surface area contributed by atoms with Crippen molar-refractivity contribution >= 4 is 11.9 Å². The molecule has 18 heavy (non-hydrogen) atoms. The summed E-state index contributed by atoms with van der Waals surface area (Å²) in [5.74, 6) is 0.297. The van der Waals surface area contributed by atoms with Crippen LogP contribution in [0.4, 0.5) is 4.79 Å². The highest BCUT2D eigenvalue weighted by molar-refractivity contribution is 5.89. The monoisotopic (exact) mass is 255 g/mol. The maximum absolute atomic E-state index is 12.2. The van der Waals surface area contributed by atoms with Crippen molar-refractivity contribution in [3.05, 3.63) is 0 Å². The highest BCUT2D eigenvalue weighted by atomic mass is 16.6. The maximum atomic E-state index is 12.2. The molecule has 0 aliphatic heterocycles. The Balaban J connectivity index is 2.50. The van der Waals surface area contributed by atoms with E-state index in [0.29, 0.717) is 6.42 Å². The molecule has 0 heterocycles. The third-order valence-electron chi connectivity index (χ3n) is 3.20. The van der Waals surface area contributed by atoms with Crippen LogP contribution in [0.3, 0.4) is 0 Å². The Morgan fingerprint density at radius 3 is 2.28 bits per heavy atom. The van der Waals surface area contributed by atoms with Gasteiger partial charge in [-0.2, -0.15) is 0 Å². The van der Waals surface area contributed by atoms with E-state index in [2.05, 4.69) is 5.32 Å². The van der Waals surface area contributed by atoms with Crippen LogP contribution in [-0.2, 0) is 9.53 Å². The van der Waals surface area contributed by atoms with Crippen LogP contribution in [0.15, 0.2) is 0 Å². The van der Waals surface area contributed by atoms with Gasteiger partial charge in [0.15, 0.2) is 5.78 Å². The van der Waals surface area contributed by atoms with Crippen LogP contribution in [0.25, 0.3) is 0 Å². The van der Waals surface area contributed by atoms with Crippen molar-refractivity contribution in [2.24, 2.45) is 5.92 Å². The highest BCUT2D eigenvalue weighted by Gasteiger charge is 2.30. The number of ketones is 1. The van der Waals surface area contributed by atoms with Crippen LogP contribution in [0.2, 0.25) is 0 Å². The van der Waals surface area contributed by atoms with E-state index in [1.807, 2.05) is 27.7 Å². The number of Topliss-reactive ketones (excluding diaryl/α,β-unsaturated/α-hetero) is 1. The van der Waals surface area contributed by atoms with E-state index < -0.39 is 17.7 Å². The molecule has 1 rings (SSSR count). The molecule has 0 radical (unpaired) electrons. The summed E-state index contributed by atoms with van der Waals surface area (Å²) in [5, 5.41) is 2.69. The second kappa shape index (κ2) is 6.21. The normalized spacial score (nSPS) is 18.4. The van der Waals surface area contributed by atoms with Crippen LogP contribution in [0, 0.1) is 5.92 Å². The van der Waals surface area contributed by atoms with Gasteiger partial charge in [-0.3, -0.25) is 4.79 Å². The predicted octanol–water partition coefficient (Wildman–Crippen LogP) is 3.05. The number of amides is 1. The minimum atomic E-state index is -0.529. The number of hydrogen-bond acceptors (Lipinski definition) is 3. The summed E-state index contributed by atoms with van der Waals surface area (Å²) in [7, 11) is 0. The summed E-state index contributed by atoms with van der Waals surface area (Å²) < 4.78 is 5.18. The number of rotatable bonds is 4. The van der Waals surface area contributed by atoms with E-state index in [9.17, 15) is 9.59 Å². The Morgan fingerprint density at radius 1 is 1.28 bits per heavy atom. The number of alkyl carbamates (subject to hydrolysis) is 1. The third kappa shape index (κ3) is 4.67. The van der Waals surface area contributed by atoms with Gasteiger partial charge in [0.1, 0.15) is 5.60 Å². The van der Waals surface area contributed by atoms with Crippen molar-refractivity contribution in [3.63, 3.8) is 0 Å². The molecule has 1 fully saturated rings. The summed E-state index contributed by atoms with van der Waals surface area (Å²) in [6.07, 6.45) is 4.30.